The molecule has 1 aromatic carbocycles. The van der Waals surface area contributed by atoms with E-state index in [9.17, 15) is 9.00 Å². The zero-order valence-electron chi connectivity index (χ0n) is 17.1. The molecule has 0 radical (unpaired) electrons. The Balaban J connectivity index is 0.00000420. The zero-order valence-corrected chi connectivity index (χ0v) is 21.0. The summed E-state index contributed by atoms with van der Waals surface area (Å²) in [6, 6.07) is 7.37. The minimum absolute atomic E-state index is 0. The Hall–Kier alpha value is -0.870. The van der Waals surface area contributed by atoms with Crippen molar-refractivity contribution >= 4 is 63.9 Å². The SMILES string of the molecule is CCS(=O)C1CCCC(NC(=NC)NCCCC(=O)Nc2ccc(Cl)cc2)C1.I. The topological polar surface area (TPSA) is 82.6 Å². The molecule has 3 unspecified atom stereocenters. The van der Waals surface area contributed by atoms with Crippen LogP contribution in [0.25, 0.3) is 0 Å². The third-order valence-corrected chi connectivity index (χ3v) is 6.84. The molecule has 0 heterocycles. The molecular formula is C20H32ClIN4O2S. The van der Waals surface area contributed by atoms with Crippen molar-refractivity contribution in [2.24, 2.45) is 4.99 Å². The molecule has 0 bridgehead atoms. The van der Waals surface area contributed by atoms with Crippen LogP contribution in [0.5, 0.6) is 0 Å². The molecule has 1 aliphatic carbocycles. The molecule has 3 N–H and O–H groups in total. The van der Waals surface area contributed by atoms with E-state index >= 15 is 0 Å². The van der Waals surface area contributed by atoms with Gasteiger partial charge in [0.1, 0.15) is 0 Å². The number of amides is 1. The number of halogens is 2. The molecule has 0 spiro atoms. The van der Waals surface area contributed by atoms with Crippen molar-refractivity contribution in [3.8, 4) is 0 Å². The maximum atomic E-state index is 12.1. The number of benzene rings is 1. The summed E-state index contributed by atoms with van der Waals surface area (Å²) in [7, 11) is 1.01. The van der Waals surface area contributed by atoms with Gasteiger partial charge in [-0.05, 0) is 49.9 Å². The van der Waals surface area contributed by atoms with Crippen molar-refractivity contribution in [3.63, 3.8) is 0 Å². The van der Waals surface area contributed by atoms with E-state index in [1.54, 1.807) is 31.3 Å². The van der Waals surface area contributed by atoms with Crippen LogP contribution in [0.1, 0.15) is 45.4 Å². The molecule has 1 aliphatic rings. The molecule has 1 fully saturated rings. The van der Waals surface area contributed by atoms with Crippen LogP contribution in [0, 0.1) is 0 Å². The first kappa shape index (κ1) is 26.2. The molecule has 2 rings (SSSR count). The van der Waals surface area contributed by atoms with Crippen LogP contribution in [0.4, 0.5) is 5.69 Å². The minimum atomic E-state index is -0.733. The van der Waals surface area contributed by atoms with E-state index < -0.39 is 10.8 Å². The largest absolute Gasteiger partial charge is 0.356 e. The summed E-state index contributed by atoms with van der Waals surface area (Å²) in [4.78, 5) is 16.3. The van der Waals surface area contributed by atoms with Gasteiger partial charge in [-0.3, -0.25) is 14.0 Å². The van der Waals surface area contributed by atoms with E-state index in [0.717, 1.165) is 43.1 Å². The molecule has 164 valence electrons. The predicted molar refractivity (Wildman–Crippen MR) is 134 cm³/mol. The van der Waals surface area contributed by atoms with Crippen LogP contribution in [-0.2, 0) is 15.6 Å². The van der Waals surface area contributed by atoms with Crippen molar-refractivity contribution in [3.05, 3.63) is 29.3 Å². The van der Waals surface area contributed by atoms with Gasteiger partial charge < -0.3 is 16.0 Å². The average molecular weight is 555 g/mol. The van der Waals surface area contributed by atoms with Crippen molar-refractivity contribution in [2.75, 3.05) is 24.7 Å². The number of hydrogen-bond acceptors (Lipinski definition) is 3. The fourth-order valence-corrected chi connectivity index (χ4v) is 4.82. The highest BCUT2D eigenvalue weighted by Crippen LogP contribution is 2.23. The quantitative estimate of drug-likeness (QED) is 0.197. The first-order chi connectivity index (χ1) is 13.5. The van der Waals surface area contributed by atoms with Crippen LogP contribution in [-0.4, -0.2) is 46.7 Å². The van der Waals surface area contributed by atoms with Crippen molar-refractivity contribution in [1.29, 1.82) is 0 Å². The summed E-state index contributed by atoms with van der Waals surface area (Å²) in [6.45, 7) is 2.64. The number of anilines is 1. The Morgan fingerprint density at radius 2 is 2.00 bits per heavy atom. The average Bonchev–Trinajstić information content (AvgIpc) is 2.71. The van der Waals surface area contributed by atoms with Crippen LogP contribution in [0.2, 0.25) is 5.02 Å². The lowest BCUT2D eigenvalue weighted by Crippen LogP contribution is -2.46. The Morgan fingerprint density at radius 1 is 1.28 bits per heavy atom. The summed E-state index contributed by atoms with van der Waals surface area (Å²) in [5, 5.41) is 10.5. The number of carbonyl (C=O) groups is 1. The Kier molecular flexibility index (Phi) is 12.8. The highest BCUT2D eigenvalue weighted by atomic mass is 127. The zero-order chi connectivity index (χ0) is 20.4. The predicted octanol–water partition coefficient (Wildman–Crippen LogP) is 3.92. The van der Waals surface area contributed by atoms with Gasteiger partial charge in [0.2, 0.25) is 5.91 Å². The molecule has 1 aromatic rings. The number of aliphatic imine (C=N–C) groups is 1. The first-order valence-electron chi connectivity index (χ1n) is 9.91. The van der Waals surface area contributed by atoms with Gasteiger partial charge in [0.05, 0.1) is 0 Å². The maximum Gasteiger partial charge on any atom is 0.224 e. The molecule has 6 nitrogen and oxygen atoms in total. The van der Waals surface area contributed by atoms with Crippen LogP contribution in [0.3, 0.4) is 0 Å². The van der Waals surface area contributed by atoms with Crippen molar-refractivity contribution < 1.29 is 9.00 Å². The second-order valence-corrected chi connectivity index (χ2v) is 9.40. The van der Waals surface area contributed by atoms with Gasteiger partial charge >= 0.3 is 0 Å². The number of nitrogens with zero attached hydrogens (tertiary/aromatic N) is 1. The molecule has 1 amide bonds. The summed E-state index contributed by atoms with van der Waals surface area (Å²) >= 11 is 5.84. The lowest BCUT2D eigenvalue weighted by Gasteiger charge is -2.30. The van der Waals surface area contributed by atoms with Gasteiger partial charge in [0.25, 0.3) is 0 Å². The van der Waals surface area contributed by atoms with Crippen molar-refractivity contribution in [1.82, 2.24) is 10.6 Å². The number of carbonyl (C=O) groups excluding carboxylic acids is 1. The van der Waals surface area contributed by atoms with E-state index in [4.69, 9.17) is 11.6 Å². The lowest BCUT2D eigenvalue weighted by molar-refractivity contribution is -0.116. The van der Waals surface area contributed by atoms with Gasteiger partial charge in [-0.25, -0.2) is 0 Å². The van der Waals surface area contributed by atoms with Crippen LogP contribution >= 0.6 is 35.6 Å². The molecule has 0 saturated heterocycles. The number of nitrogens with one attached hydrogen (secondary N) is 3. The monoisotopic (exact) mass is 554 g/mol. The van der Waals surface area contributed by atoms with Gasteiger partial charge in [-0.2, -0.15) is 0 Å². The number of rotatable bonds is 8. The minimum Gasteiger partial charge on any atom is -0.356 e. The standard InChI is InChI=1S/C20H31ClN4O2S.HI/c1-3-28(27)18-7-4-6-17(14-18)25-20(22-2)23-13-5-8-19(26)24-16-11-9-15(21)10-12-16;/h9-12,17-18H,3-8,13-14H2,1-2H3,(H,24,26)(H2,22,23,25);1H. The highest BCUT2D eigenvalue weighted by molar-refractivity contribution is 14.0. The second-order valence-electron chi connectivity index (χ2n) is 6.96. The lowest BCUT2D eigenvalue weighted by atomic mass is 9.95. The Bertz CT molecular complexity index is 688. The number of guanidine groups is 1. The highest BCUT2D eigenvalue weighted by Gasteiger charge is 2.25. The Morgan fingerprint density at radius 3 is 2.66 bits per heavy atom. The van der Waals surface area contributed by atoms with Crippen LogP contribution in [0.15, 0.2) is 29.3 Å². The van der Waals surface area contributed by atoms with Crippen molar-refractivity contribution in [2.45, 2.75) is 56.7 Å². The third kappa shape index (κ3) is 9.65. The smallest absolute Gasteiger partial charge is 0.224 e. The van der Waals surface area contributed by atoms with Gasteiger partial charge in [-0.1, -0.05) is 24.9 Å². The third-order valence-electron chi connectivity index (χ3n) is 4.85. The molecule has 0 aromatic heterocycles. The molecular weight excluding hydrogens is 523 g/mol. The van der Waals surface area contributed by atoms with E-state index in [1.165, 1.54) is 0 Å². The summed E-state index contributed by atoms with van der Waals surface area (Å²) in [5.74, 6) is 1.44. The maximum absolute atomic E-state index is 12.1. The first-order valence-corrected chi connectivity index (χ1v) is 11.7. The molecule has 1 saturated carbocycles. The molecule has 9 heteroatoms. The second kappa shape index (κ2) is 14.2. The Labute approximate surface area is 198 Å². The fourth-order valence-electron chi connectivity index (χ4n) is 3.35. The number of hydrogen-bond donors (Lipinski definition) is 3. The van der Waals surface area contributed by atoms with E-state index in [0.29, 0.717) is 30.5 Å². The normalized spacial score (nSPS) is 20.3. The van der Waals surface area contributed by atoms with Crippen LogP contribution < -0.4 is 16.0 Å². The fraction of sp³-hybridized carbons (Fsp3) is 0.600. The van der Waals surface area contributed by atoms with E-state index in [2.05, 4.69) is 20.9 Å². The summed E-state index contributed by atoms with van der Waals surface area (Å²) < 4.78 is 12.1. The molecule has 29 heavy (non-hydrogen) atoms. The van der Waals surface area contributed by atoms with Gasteiger partial charge in [0.15, 0.2) is 5.96 Å². The van der Waals surface area contributed by atoms with E-state index in [-0.39, 0.29) is 35.1 Å². The van der Waals surface area contributed by atoms with Gasteiger partial charge in [-0.15, -0.1) is 24.0 Å². The molecule has 0 aliphatic heterocycles. The molecule has 3 atom stereocenters. The van der Waals surface area contributed by atoms with Gasteiger partial charge in [0, 0.05) is 58.6 Å². The summed E-state index contributed by atoms with van der Waals surface area (Å²) in [6.07, 6.45) is 5.26. The van der Waals surface area contributed by atoms with E-state index in [1.807, 2.05) is 6.92 Å². The summed E-state index contributed by atoms with van der Waals surface area (Å²) in [5.41, 5.74) is 0.746.